The van der Waals surface area contributed by atoms with Crippen molar-refractivity contribution in [2.24, 2.45) is 17.8 Å². The standard InChI is InChI=1S/C33H32N4/c1-22-15-25-16-23(2)19-33(18-22,20-25)29-13-11-27(12-14-29)31-35-30(26-8-4-3-5-9-26)36-32(37-31)28-10-6-7-24(17-28)21-34/h3-14,17,22-23,25H,15-16,18-20H2,1-2H3/t22-,23+,25-,33?. The summed E-state index contributed by atoms with van der Waals surface area (Å²) in [6.07, 6.45) is 6.66. The molecule has 0 N–H and O–H groups in total. The van der Waals surface area contributed by atoms with E-state index < -0.39 is 0 Å². The van der Waals surface area contributed by atoms with Crippen LogP contribution in [0, 0.1) is 29.1 Å². The third-order valence-corrected chi connectivity index (χ3v) is 8.30. The Balaban J connectivity index is 1.41. The molecule has 1 aromatic heterocycles. The minimum atomic E-state index is 0.301. The molecule has 3 aromatic carbocycles. The molecular formula is C33H32N4. The van der Waals surface area contributed by atoms with Crippen molar-refractivity contribution in [1.82, 2.24) is 15.0 Å². The lowest BCUT2D eigenvalue weighted by Gasteiger charge is -2.50. The first-order chi connectivity index (χ1) is 18.0. The Bertz CT molecular complexity index is 1430. The second kappa shape index (κ2) is 9.56. The first-order valence-corrected chi connectivity index (χ1v) is 13.4. The summed E-state index contributed by atoms with van der Waals surface area (Å²) in [7, 11) is 0. The van der Waals surface area contributed by atoms with Gasteiger partial charge in [-0.25, -0.2) is 15.0 Å². The number of fused-ring (bicyclic) bond motifs is 2. The van der Waals surface area contributed by atoms with Gasteiger partial charge in [-0.2, -0.15) is 5.26 Å². The zero-order valence-corrected chi connectivity index (χ0v) is 21.6. The third kappa shape index (κ3) is 4.67. The topological polar surface area (TPSA) is 62.5 Å². The molecule has 37 heavy (non-hydrogen) atoms. The van der Waals surface area contributed by atoms with E-state index in [2.05, 4.69) is 44.2 Å². The van der Waals surface area contributed by atoms with Crippen LogP contribution in [0.3, 0.4) is 0 Å². The first-order valence-electron chi connectivity index (χ1n) is 13.4. The molecule has 2 saturated carbocycles. The van der Waals surface area contributed by atoms with Crippen molar-refractivity contribution in [2.45, 2.75) is 51.4 Å². The maximum absolute atomic E-state index is 9.40. The van der Waals surface area contributed by atoms with Crippen LogP contribution in [-0.2, 0) is 5.41 Å². The predicted molar refractivity (Wildman–Crippen MR) is 147 cm³/mol. The Morgan fingerprint density at radius 1 is 0.676 bits per heavy atom. The van der Waals surface area contributed by atoms with Crippen molar-refractivity contribution in [3.63, 3.8) is 0 Å². The quantitative estimate of drug-likeness (QED) is 0.296. The Labute approximate surface area is 219 Å². The van der Waals surface area contributed by atoms with Crippen molar-refractivity contribution >= 4 is 0 Å². The Kier molecular flexibility index (Phi) is 6.08. The summed E-state index contributed by atoms with van der Waals surface area (Å²) in [5.74, 6) is 4.30. The highest BCUT2D eigenvalue weighted by Crippen LogP contribution is 2.54. The van der Waals surface area contributed by atoms with Crippen molar-refractivity contribution in [1.29, 1.82) is 5.26 Å². The zero-order chi connectivity index (χ0) is 25.4. The number of hydrogen-bond donors (Lipinski definition) is 0. The van der Waals surface area contributed by atoms with Crippen LogP contribution < -0.4 is 0 Å². The van der Waals surface area contributed by atoms with Gasteiger partial charge in [0, 0.05) is 16.7 Å². The smallest absolute Gasteiger partial charge is 0.164 e. The highest BCUT2D eigenvalue weighted by Gasteiger charge is 2.45. The van der Waals surface area contributed by atoms with Gasteiger partial charge in [0.05, 0.1) is 11.6 Å². The van der Waals surface area contributed by atoms with E-state index in [0.29, 0.717) is 28.5 Å². The molecule has 4 atom stereocenters. The maximum atomic E-state index is 9.40. The van der Waals surface area contributed by atoms with Crippen LogP contribution in [0.4, 0.5) is 0 Å². The van der Waals surface area contributed by atoms with E-state index in [1.807, 2.05) is 48.5 Å². The molecule has 4 aromatic rings. The van der Waals surface area contributed by atoms with Gasteiger partial charge < -0.3 is 0 Å². The summed E-state index contributed by atoms with van der Waals surface area (Å²) in [6, 6.07) is 28.7. The van der Waals surface area contributed by atoms with E-state index in [0.717, 1.165) is 34.4 Å². The second-order valence-corrected chi connectivity index (χ2v) is 11.4. The fourth-order valence-electron chi connectivity index (χ4n) is 7.11. The zero-order valence-electron chi connectivity index (χ0n) is 21.6. The molecule has 0 aliphatic heterocycles. The fourth-order valence-corrected chi connectivity index (χ4v) is 7.11. The normalized spacial score (nSPS) is 24.8. The fraction of sp³-hybridized carbons (Fsp3) is 0.333. The third-order valence-electron chi connectivity index (χ3n) is 8.30. The molecule has 2 aliphatic carbocycles. The first kappa shape index (κ1) is 23.6. The summed E-state index contributed by atoms with van der Waals surface area (Å²) >= 11 is 0. The van der Waals surface area contributed by atoms with Crippen LogP contribution in [0.1, 0.15) is 57.1 Å². The van der Waals surface area contributed by atoms with E-state index in [9.17, 15) is 5.26 Å². The Morgan fingerprint density at radius 3 is 1.86 bits per heavy atom. The number of aromatic nitrogens is 3. The highest BCUT2D eigenvalue weighted by molar-refractivity contribution is 5.67. The molecule has 0 spiro atoms. The molecule has 2 bridgehead atoms. The van der Waals surface area contributed by atoms with Gasteiger partial charge in [0.15, 0.2) is 17.5 Å². The molecule has 6 rings (SSSR count). The van der Waals surface area contributed by atoms with Gasteiger partial charge >= 0.3 is 0 Å². The van der Waals surface area contributed by atoms with Gasteiger partial charge in [-0.1, -0.05) is 80.6 Å². The number of nitriles is 1. The Morgan fingerprint density at radius 2 is 1.24 bits per heavy atom. The summed E-state index contributed by atoms with van der Waals surface area (Å²) in [5, 5.41) is 9.40. The summed E-state index contributed by atoms with van der Waals surface area (Å²) in [5.41, 5.74) is 5.10. The van der Waals surface area contributed by atoms with E-state index in [1.54, 1.807) is 6.07 Å². The minimum absolute atomic E-state index is 0.301. The lowest BCUT2D eigenvalue weighted by Crippen LogP contribution is -2.42. The molecule has 4 heteroatoms. The van der Waals surface area contributed by atoms with E-state index in [1.165, 1.54) is 37.7 Å². The van der Waals surface area contributed by atoms with Crippen molar-refractivity contribution in [2.75, 3.05) is 0 Å². The van der Waals surface area contributed by atoms with Crippen LogP contribution in [0.5, 0.6) is 0 Å². The molecule has 2 aliphatic rings. The second-order valence-electron chi connectivity index (χ2n) is 11.4. The number of benzene rings is 3. The van der Waals surface area contributed by atoms with Crippen molar-refractivity contribution in [3.8, 4) is 40.2 Å². The molecule has 0 radical (unpaired) electrons. The van der Waals surface area contributed by atoms with E-state index in [-0.39, 0.29) is 0 Å². The number of rotatable bonds is 4. The van der Waals surface area contributed by atoms with Gasteiger partial charge in [-0.15, -0.1) is 0 Å². The van der Waals surface area contributed by atoms with Crippen LogP contribution in [0.25, 0.3) is 34.2 Å². The predicted octanol–water partition coefficient (Wildman–Crippen LogP) is 7.85. The molecular weight excluding hydrogens is 452 g/mol. The van der Waals surface area contributed by atoms with Crippen LogP contribution in [-0.4, -0.2) is 15.0 Å². The van der Waals surface area contributed by atoms with Crippen LogP contribution in [0.15, 0.2) is 78.9 Å². The monoisotopic (exact) mass is 484 g/mol. The highest BCUT2D eigenvalue weighted by atomic mass is 15.0. The van der Waals surface area contributed by atoms with Crippen LogP contribution in [0.2, 0.25) is 0 Å². The molecule has 2 fully saturated rings. The number of hydrogen-bond acceptors (Lipinski definition) is 4. The van der Waals surface area contributed by atoms with Gasteiger partial charge in [0.1, 0.15) is 0 Å². The van der Waals surface area contributed by atoms with E-state index in [4.69, 9.17) is 15.0 Å². The number of nitrogens with zero attached hydrogens (tertiary/aromatic N) is 4. The average Bonchev–Trinajstić information content (AvgIpc) is 2.92. The summed E-state index contributed by atoms with van der Waals surface area (Å²) in [6.45, 7) is 4.87. The molecule has 184 valence electrons. The minimum Gasteiger partial charge on any atom is -0.208 e. The van der Waals surface area contributed by atoms with Crippen LogP contribution >= 0.6 is 0 Å². The molecule has 1 unspecified atom stereocenters. The molecule has 0 amide bonds. The largest absolute Gasteiger partial charge is 0.208 e. The lowest BCUT2D eigenvalue weighted by molar-refractivity contribution is 0.0780. The van der Waals surface area contributed by atoms with Gasteiger partial charge in [-0.05, 0) is 73.0 Å². The maximum Gasteiger partial charge on any atom is 0.164 e. The Hall–Kier alpha value is -3.84. The SMILES string of the molecule is C[C@@H]1C[C@@H]2C[C@H](C)CC(c3ccc(-c4nc(-c5ccccc5)nc(-c5cccc(C#N)c5)n4)cc3)(C1)C2. The van der Waals surface area contributed by atoms with Crippen molar-refractivity contribution < 1.29 is 0 Å². The van der Waals surface area contributed by atoms with Crippen molar-refractivity contribution in [3.05, 3.63) is 90.0 Å². The molecule has 1 heterocycles. The lowest BCUT2D eigenvalue weighted by atomic mass is 9.54. The van der Waals surface area contributed by atoms with E-state index >= 15 is 0 Å². The van der Waals surface area contributed by atoms with Gasteiger partial charge in [0.25, 0.3) is 0 Å². The van der Waals surface area contributed by atoms with Gasteiger partial charge in [-0.3, -0.25) is 0 Å². The average molecular weight is 485 g/mol. The summed E-state index contributed by atoms with van der Waals surface area (Å²) in [4.78, 5) is 14.5. The molecule has 4 nitrogen and oxygen atoms in total. The van der Waals surface area contributed by atoms with Gasteiger partial charge in [0.2, 0.25) is 0 Å². The molecule has 0 saturated heterocycles. The summed E-state index contributed by atoms with van der Waals surface area (Å²) < 4.78 is 0.